The van der Waals surface area contributed by atoms with Gasteiger partial charge in [-0.05, 0) is 18.5 Å². The summed E-state index contributed by atoms with van der Waals surface area (Å²) >= 11 is 0. The molecule has 16 heavy (non-hydrogen) atoms. The number of nitro groups is 1. The lowest BCUT2D eigenvalue weighted by atomic mass is 10.1. The van der Waals surface area contributed by atoms with E-state index in [4.69, 9.17) is 4.74 Å². The number of non-ortho nitro benzene ring substituents is 1. The Morgan fingerprint density at radius 1 is 1.31 bits per heavy atom. The first-order chi connectivity index (χ1) is 7.74. The molecule has 0 heterocycles. The minimum atomic E-state index is -0.388. The van der Waals surface area contributed by atoms with Crippen molar-refractivity contribution in [1.82, 2.24) is 5.32 Å². The first-order valence-corrected chi connectivity index (χ1v) is 5.17. The summed E-state index contributed by atoms with van der Waals surface area (Å²) in [6.45, 7) is 2.37. The Hall–Kier alpha value is -1.46. The van der Waals surface area contributed by atoms with Crippen LogP contribution in [-0.4, -0.2) is 31.7 Å². The van der Waals surface area contributed by atoms with E-state index < -0.39 is 0 Å². The van der Waals surface area contributed by atoms with E-state index in [1.165, 1.54) is 12.1 Å². The largest absolute Gasteiger partial charge is 0.383 e. The molecule has 1 aromatic rings. The van der Waals surface area contributed by atoms with Crippen LogP contribution < -0.4 is 5.32 Å². The second kappa shape index (κ2) is 6.92. The molecule has 0 spiro atoms. The molecule has 0 radical (unpaired) electrons. The smallest absolute Gasteiger partial charge is 0.269 e. The summed E-state index contributed by atoms with van der Waals surface area (Å²) in [5, 5.41) is 13.6. The van der Waals surface area contributed by atoms with Gasteiger partial charge in [0.15, 0.2) is 0 Å². The Labute approximate surface area is 94.6 Å². The van der Waals surface area contributed by atoms with Crippen LogP contribution >= 0.6 is 0 Å². The molecule has 88 valence electrons. The summed E-state index contributed by atoms with van der Waals surface area (Å²) in [6.07, 6.45) is 0.863. The predicted octanol–water partition coefficient (Wildman–Crippen LogP) is 1.37. The van der Waals surface area contributed by atoms with E-state index in [1.807, 2.05) is 0 Å². The number of methoxy groups -OCH3 is 1. The molecule has 5 nitrogen and oxygen atoms in total. The standard InChI is InChI=1S/C11H16N2O3/c1-16-9-8-12-7-6-10-2-4-11(5-3-10)13(14)15/h2-5,12H,6-9H2,1H3. The van der Waals surface area contributed by atoms with Gasteiger partial charge in [-0.1, -0.05) is 12.1 Å². The van der Waals surface area contributed by atoms with E-state index in [-0.39, 0.29) is 10.6 Å². The SMILES string of the molecule is COCCNCCc1ccc([N+](=O)[O-])cc1. The maximum atomic E-state index is 10.4. The highest BCUT2D eigenvalue weighted by atomic mass is 16.6. The van der Waals surface area contributed by atoms with Crippen LogP contribution in [0.3, 0.4) is 0 Å². The van der Waals surface area contributed by atoms with Crippen molar-refractivity contribution in [3.63, 3.8) is 0 Å². The van der Waals surface area contributed by atoms with Gasteiger partial charge in [-0.3, -0.25) is 10.1 Å². The van der Waals surface area contributed by atoms with E-state index in [0.29, 0.717) is 6.61 Å². The molecule has 1 N–H and O–H groups in total. The third-order valence-electron chi connectivity index (χ3n) is 2.22. The first kappa shape index (κ1) is 12.6. The van der Waals surface area contributed by atoms with Gasteiger partial charge >= 0.3 is 0 Å². The number of hydrogen-bond acceptors (Lipinski definition) is 4. The van der Waals surface area contributed by atoms with E-state index in [0.717, 1.165) is 25.1 Å². The van der Waals surface area contributed by atoms with E-state index in [9.17, 15) is 10.1 Å². The number of ether oxygens (including phenoxy) is 1. The average molecular weight is 224 g/mol. The molecular weight excluding hydrogens is 208 g/mol. The minimum Gasteiger partial charge on any atom is -0.383 e. The Kier molecular flexibility index (Phi) is 5.45. The molecule has 0 unspecified atom stereocenters. The van der Waals surface area contributed by atoms with Gasteiger partial charge in [0.25, 0.3) is 5.69 Å². The molecule has 0 aliphatic carbocycles. The molecule has 0 bridgehead atoms. The molecule has 0 amide bonds. The summed E-state index contributed by atoms with van der Waals surface area (Å²) in [5.41, 5.74) is 1.23. The maximum absolute atomic E-state index is 10.4. The van der Waals surface area contributed by atoms with Crippen molar-refractivity contribution in [2.24, 2.45) is 0 Å². The summed E-state index contributed by atoms with van der Waals surface area (Å²) in [4.78, 5) is 10.0. The summed E-state index contributed by atoms with van der Waals surface area (Å²) in [7, 11) is 1.66. The Morgan fingerprint density at radius 3 is 2.56 bits per heavy atom. The van der Waals surface area contributed by atoms with Crippen molar-refractivity contribution in [2.75, 3.05) is 26.8 Å². The number of rotatable bonds is 7. The molecule has 0 atom stereocenters. The van der Waals surface area contributed by atoms with Gasteiger partial charge in [-0.2, -0.15) is 0 Å². The van der Waals surface area contributed by atoms with Crippen molar-refractivity contribution >= 4 is 5.69 Å². The van der Waals surface area contributed by atoms with E-state index in [1.54, 1.807) is 19.2 Å². The zero-order chi connectivity index (χ0) is 11.8. The zero-order valence-electron chi connectivity index (χ0n) is 9.31. The quantitative estimate of drug-likeness (QED) is 0.431. The minimum absolute atomic E-state index is 0.135. The number of nitrogens with one attached hydrogen (secondary N) is 1. The van der Waals surface area contributed by atoms with Gasteiger partial charge in [-0.15, -0.1) is 0 Å². The van der Waals surface area contributed by atoms with Gasteiger partial charge in [-0.25, -0.2) is 0 Å². The van der Waals surface area contributed by atoms with Crippen molar-refractivity contribution < 1.29 is 9.66 Å². The van der Waals surface area contributed by atoms with Crippen molar-refractivity contribution in [2.45, 2.75) is 6.42 Å². The van der Waals surface area contributed by atoms with E-state index in [2.05, 4.69) is 5.32 Å². The zero-order valence-corrected chi connectivity index (χ0v) is 9.31. The van der Waals surface area contributed by atoms with Crippen LogP contribution in [0.1, 0.15) is 5.56 Å². The number of hydrogen-bond donors (Lipinski definition) is 1. The summed E-state index contributed by atoms with van der Waals surface area (Å²) < 4.78 is 4.90. The fraction of sp³-hybridized carbons (Fsp3) is 0.455. The van der Waals surface area contributed by atoms with Gasteiger partial charge in [0, 0.05) is 25.8 Å². The Bertz CT molecular complexity index is 325. The highest BCUT2D eigenvalue weighted by molar-refractivity contribution is 5.32. The highest BCUT2D eigenvalue weighted by Crippen LogP contribution is 2.11. The van der Waals surface area contributed by atoms with Crippen molar-refractivity contribution in [3.8, 4) is 0 Å². The topological polar surface area (TPSA) is 64.4 Å². The van der Waals surface area contributed by atoms with Crippen LogP contribution in [0.5, 0.6) is 0 Å². The van der Waals surface area contributed by atoms with Crippen LogP contribution in [0.2, 0.25) is 0 Å². The second-order valence-electron chi connectivity index (χ2n) is 3.42. The van der Waals surface area contributed by atoms with Crippen LogP contribution in [0, 0.1) is 10.1 Å². The Balaban J connectivity index is 2.29. The van der Waals surface area contributed by atoms with Crippen LogP contribution in [0.15, 0.2) is 24.3 Å². The average Bonchev–Trinajstić information content (AvgIpc) is 2.29. The molecule has 0 aromatic heterocycles. The second-order valence-corrected chi connectivity index (χ2v) is 3.42. The lowest BCUT2D eigenvalue weighted by Gasteiger charge is -2.03. The number of nitrogens with zero attached hydrogens (tertiary/aromatic N) is 1. The molecule has 0 saturated carbocycles. The molecular formula is C11H16N2O3. The molecule has 5 heteroatoms. The molecule has 0 fully saturated rings. The van der Waals surface area contributed by atoms with Gasteiger partial charge < -0.3 is 10.1 Å². The lowest BCUT2D eigenvalue weighted by molar-refractivity contribution is -0.384. The fourth-order valence-electron chi connectivity index (χ4n) is 1.32. The number of nitro benzene ring substituents is 1. The lowest BCUT2D eigenvalue weighted by Crippen LogP contribution is -2.21. The molecule has 0 aliphatic heterocycles. The predicted molar refractivity (Wildman–Crippen MR) is 61.5 cm³/mol. The monoisotopic (exact) mass is 224 g/mol. The van der Waals surface area contributed by atoms with Crippen LogP contribution in [-0.2, 0) is 11.2 Å². The maximum Gasteiger partial charge on any atom is 0.269 e. The molecule has 1 rings (SSSR count). The van der Waals surface area contributed by atoms with Crippen molar-refractivity contribution in [3.05, 3.63) is 39.9 Å². The third kappa shape index (κ3) is 4.37. The molecule has 1 aromatic carbocycles. The van der Waals surface area contributed by atoms with E-state index >= 15 is 0 Å². The number of benzene rings is 1. The van der Waals surface area contributed by atoms with Crippen molar-refractivity contribution in [1.29, 1.82) is 0 Å². The first-order valence-electron chi connectivity index (χ1n) is 5.17. The molecule has 0 saturated heterocycles. The summed E-state index contributed by atoms with van der Waals surface area (Å²) in [6, 6.07) is 6.64. The van der Waals surface area contributed by atoms with Gasteiger partial charge in [0.05, 0.1) is 11.5 Å². The molecule has 0 aliphatic rings. The van der Waals surface area contributed by atoms with Gasteiger partial charge in [0.2, 0.25) is 0 Å². The van der Waals surface area contributed by atoms with Crippen LogP contribution in [0.25, 0.3) is 0 Å². The summed E-state index contributed by atoms with van der Waals surface area (Å²) in [5.74, 6) is 0. The highest BCUT2D eigenvalue weighted by Gasteiger charge is 2.03. The van der Waals surface area contributed by atoms with Gasteiger partial charge in [0.1, 0.15) is 0 Å². The Morgan fingerprint density at radius 2 is 2.00 bits per heavy atom. The normalized spacial score (nSPS) is 10.3. The third-order valence-corrected chi connectivity index (χ3v) is 2.22. The fourth-order valence-corrected chi connectivity index (χ4v) is 1.32. The van der Waals surface area contributed by atoms with Crippen LogP contribution in [0.4, 0.5) is 5.69 Å².